The minimum atomic E-state index is 0.869. The Balaban J connectivity index is 1.30. The van der Waals surface area contributed by atoms with Crippen molar-refractivity contribution in [3.05, 3.63) is 188 Å². The Morgan fingerprint density at radius 1 is 0.392 bits per heavy atom. The van der Waals surface area contributed by atoms with Crippen LogP contribution < -0.4 is 4.90 Å². The smallest absolute Gasteiger partial charge is 0.137 e. The summed E-state index contributed by atoms with van der Waals surface area (Å²) in [6, 6.07) is 67.5. The van der Waals surface area contributed by atoms with E-state index in [0.717, 1.165) is 50.1 Å². The van der Waals surface area contributed by atoms with Gasteiger partial charge in [0.15, 0.2) is 0 Å². The van der Waals surface area contributed by atoms with Gasteiger partial charge in [-0.25, -0.2) is 0 Å². The first-order valence-electron chi connectivity index (χ1n) is 17.3. The molecule has 0 amide bonds. The van der Waals surface area contributed by atoms with Crippen LogP contribution in [0.3, 0.4) is 0 Å². The monoisotopic (exact) mass is 669 g/mol. The van der Waals surface area contributed by atoms with Crippen LogP contribution in [-0.4, -0.2) is 0 Å². The molecular formula is C48H31NOS. The van der Waals surface area contributed by atoms with E-state index in [1.165, 1.54) is 42.4 Å². The molecule has 3 heteroatoms. The number of nitrogens with zero attached hydrogens (tertiary/aromatic N) is 1. The Kier molecular flexibility index (Phi) is 7.04. The van der Waals surface area contributed by atoms with E-state index in [4.69, 9.17) is 4.42 Å². The number of hydrogen-bond acceptors (Lipinski definition) is 3. The summed E-state index contributed by atoms with van der Waals surface area (Å²) in [4.78, 5) is 2.43. The number of para-hydroxylation sites is 1. The lowest BCUT2D eigenvalue weighted by Gasteiger charge is -2.28. The van der Waals surface area contributed by atoms with Crippen LogP contribution in [0.4, 0.5) is 17.1 Å². The van der Waals surface area contributed by atoms with Gasteiger partial charge in [-0.1, -0.05) is 133 Å². The molecule has 0 N–H and O–H groups in total. The van der Waals surface area contributed by atoms with Crippen molar-refractivity contribution in [2.75, 3.05) is 4.90 Å². The minimum absolute atomic E-state index is 0.869. The van der Waals surface area contributed by atoms with Crippen LogP contribution in [0.2, 0.25) is 0 Å². The number of anilines is 3. The number of rotatable bonds is 6. The van der Waals surface area contributed by atoms with Crippen LogP contribution in [0.1, 0.15) is 0 Å². The predicted molar refractivity (Wildman–Crippen MR) is 218 cm³/mol. The van der Waals surface area contributed by atoms with Crippen molar-refractivity contribution in [3.63, 3.8) is 0 Å². The van der Waals surface area contributed by atoms with Crippen LogP contribution in [0, 0.1) is 0 Å². The molecule has 240 valence electrons. The second-order valence-corrected chi connectivity index (χ2v) is 14.0. The Labute approximate surface area is 300 Å². The maximum atomic E-state index is 6.50. The highest BCUT2D eigenvalue weighted by Gasteiger charge is 2.23. The summed E-state index contributed by atoms with van der Waals surface area (Å²) in [5.41, 5.74) is 12.1. The van der Waals surface area contributed by atoms with Crippen molar-refractivity contribution in [2.24, 2.45) is 0 Å². The van der Waals surface area contributed by atoms with Gasteiger partial charge in [0.05, 0.1) is 5.69 Å². The number of fused-ring (bicyclic) bond motifs is 6. The molecule has 2 nitrogen and oxygen atoms in total. The fourth-order valence-corrected chi connectivity index (χ4v) is 8.72. The van der Waals surface area contributed by atoms with Crippen LogP contribution in [-0.2, 0) is 0 Å². The van der Waals surface area contributed by atoms with Gasteiger partial charge in [0.25, 0.3) is 0 Å². The highest BCUT2D eigenvalue weighted by molar-refractivity contribution is 7.26. The molecule has 0 radical (unpaired) electrons. The highest BCUT2D eigenvalue weighted by Crippen LogP contribution is 2.49. The predicted octanol–water partition coefficient (Wildman–Crippen LogP) is 14.4. The second-order valence-electron chi connectivity index (χ2n) is 12.9. The van der Waals surface area contributed by atoms with Crippen molar-refractivity contribution in [1.82, 2.24) is 0 Å². The number of furan rings is 1. The third kappa shape index (κ3) is 5.10. The third-order valence-electron chi connectivity index (χ3n) is 9.84. The molecule has 0 atom stereocenters. The summed E-state index contributed by atoms with van der Waals surface area (Å²) >= 11 is 1.87. The first-order chi connectivity index (χ1) is 25.3. The molecule has 0 fully saturated rings. The molecule has 51 heavy (non-hydrogen) atoms. The van der Waals surface area contributed by atoms with E-state index >= 15 is 0 Å². The molecule has 0 spiro atoms. The molecule has 10 rings (SSSR count). The van der Waals surface area contributed by atoms with E-state index in [1.54, 1.807) is 0 Å². The molecule has 10 aromatic rings. The summed E-state index contributed by atoms with van der Waals surface area (Å²) in [7, 11) is 0. The maximum Gasteiger partial charge on any atom is 0.137 e. The normalized spacial score (nSPS) is 11.5. The van der Waals surface area contributed by atoms with Crippen LogP contribution >= 0.6 is 11.3 Å². The molecule has 2 aromatic heterocycles. The van der Waals surface area contributed by atoms with Crippen LogP contribution in [0.25, 0.3) is 75.5 Å². The Hall–Kier alpha value is -6.42. The van der Waals surface area contributed by atoms with Gasteiger partial charge >= 0.3 is 0 Å². The summed E-state index contributed by atoms with van der Waals surface area (Å²) < 4.78 is 9.04. The topological polar surface area (TPSA) is 16.4 Å². The van der Waals surface area contributed by atoms with Gasteiger partial charge in [0, 0.05) is 48.4 Å². The summed E-state index contributed by atoms with van der Waals surface area (Å²) in [5, 5.41) is 4.74. The number of thiophene rings is 1. The van der Waals surface area contributed by atoms with Crippen LogP contribution in [0.5, 0.6) is 0 Å². The lowest BCUT2D eigenvalue weighted by molar-refractivity contribution is 0.669. The van der Waals surface area contributed by atoms with Crippen molar-refractivity contribution >= 4 is 70.5 Å². The lowest BCUT2D eigenvalue weighted by atomic mass is 9.96. The zero-order valence-electron chi connectivity index (χ0n) is 27.7. The van der Waals surface area contributed by atoms with E-state index in [-0.39, 0.29) is 0 Å². The van der Waals surface area contributed by atoms with Gasteiger partial charge in [-0.2, -0.15) is 0 Å². The largest absolute Gasteiger partial charge is 0.456 e. The molecule has 0 saturated heterocycles. The molecule has 0 aliphatic rings. The van der Waals surface area contributed by atoms with Gasteiger partial charge in [-0.05, 0) is 81.9 Å². The number of benzene rings is 8. The average molecular weight is 670 g/mol. The third-order valence-corrected chi connectivity index (χ3v) is 11.0. The van der Waals surface area contributed by atoms with Crippen LogP contribution in [0.15, 0.2) is 192 Å². The first-order valence-corrected chi connectivity index (χ1v) is 18.1. The highest BCUT2D eigenvalue weighted by atomic mass is 32.1. The lowest BCUT2D eigenvalue weighted by Crippen LogP contribution is -2.11. The Morgan fingerprint density at radius 2 is 0.980 bits per heavy atom. The molecule has 0 aliphatic carbocycles. The van der Waals surface area contributed by atoms with Gasteiger partial charge in [0.2, 0.25) is 0 Å². The molecule has 0 unspecified atom stereocenters. The van der Waals surface area contributed by atoms with Gasteiger partial charge in [-0.3, -0.25) is 0 Å². The molecular weight excluding hydrogens is 639 g/mol. The average Bonchev–Trinajstić information content (AvgIpc) is 3.78. The fraction of sp³-hybridized carbons (Fsp3) is 0. The molecule has 2 heterocycles. The van der Waals surface area contributed by atoms with Crippen molar-refractivity contribution < 1.29 is 4.42 Å². The van der Waals surface area contributed by atoms with Gasteiger partial charge in [0.1, 0.15) is 11.2 Å². The van der Waals surface area contributed by atoms with Crippen molar-refractivity contribution in [1.29, 1.82) is 0 Å². The molecule has 0 bridgehead atoms. The zero-order valence-corrected chi connectivity index (χ0v) is 28.5. The standard InChI is InChI=1S/C48H31NOS/c1-4-14-32(15-5-1)35-28-36(33-16-6-2-7-17-33)30-38(29-35)49(37-24-25-41-40-20-10-12-22-44(40)50-45(41)31-37)43-27-26-39(34-18-8-3-9-19-34)48-47(43)42-21-11-13-23-46(42)51-48/h1-31H. The zero-order chi connectivity index (χ0) is 33.7. The summed E-state index contributed by atoms with van der Waals surface area (Å²) in [6.45, 7) is 0. The quantitative estimate of drug-likeness (QED) is 0.175. The van der Waals surface area contributed by atoms with Crippen molar-refractivity contribution in [3.8, 4) is 33.4 Å². The molecule has 8 aromatic carbocycles. The molecule has 0 saturated carbocycles. The van der Waals surface area contributed by atoms with E-state index in [2.05, 4.69) is 181 Å². The van der Waals surface area contributed by atoms with E-state index in [0.29, 0.717) is 0 Å². The van der Waals surface area contributed by atoms with Gasteiger partial charge in [-0.15, -0.1) is 11.3 Å². The first kappa shape index (κ1) is 29.5. The van der Waals surface area contributed by atoms with E-state index < -0.39 is 0 Å². The Bertz CT molecular complexity index is 2790. The van der Waals surface area contributed by atoms with Crippen molar-refractivity contribution in [2.45, 2.75) is 0 Å². The van der Waals surface area contributed by atoms with E-state index in [9.17, 15) is 0 Å². The van der Waals surface area contributed by atoms with E-state index in [1.807, 2.05) is 23.5 Å². The molecule has 0 aliphatic heterocycles. The summed E-state index contributed by atoms with van der Waals surface area (Å²) in [6.07, 6.45) is 0. The van der Waals surface area contributed by atoms with Gasteiger partial charge < -0.3 is 9.32 Å². The Morgan fingerprint density at radius 3 is 1.69 bits per heavy atom. The fourth-order valence-electron chi connectivity index (χ4n) is 7.46. The number of hydrogen-bond donors (Lipinski definition) is 0. The minimum Gasteiger partial charge on any atom is -0.456 e. The SMILES string of the molecule is c1ccc(-c2cc(-c3ccccc3)cc(N(c3ccc4c(c3)oc3ccccc34)c3ccc(-c4ccccc4)c4sc5ccccc5c34)c2)cc1. The second kappa shape index (κ2) is 12.2. The maximum absolute atomic E-state index is 6.50. The summed E-state index contributed by atoms with van der Waals surface area (Å²) in [5.74, 6) is 0.